The molecule has 1 aliphatic heterocycles. The number of hydrogen-bond acceptors (Lipinski definition) is 3. The monoisotopic (exact) mass is 259 g/mol. The molecule has 0 amide bonds. The van der Waals surface area contributed by atoms with Gasteiger partial charge in [0, 0.05) is 29.7 Å². The molecule has 1 fully saturated rings. The smallest absolute Gasteiger partial charge is 0.132 e. The lowest BCUT2D eigenvalue weighted by atomic mass is 10.1. The summed E-state index contributed by atoms with van der Waals surface area (Å²) in [5.74, 6) is 1.02. The van der Waals surface area contributed by atoms with Crippen molar-refractivity contribution < 1.29 is 0 Å². The van der Waals surface area contributed by atoms with Gasteiger partial charge in [-0.25, -0.2) is 9.97 Å². The Labute approximate surface area is 111 Å². The van der Waals surface area contributed by atoms with Crippen LogP contribution in [0.15, 0.2) is 36.7 Å². The van der Waals surface area contributed by atoms with Crippen LogP contribution in [-0.4, -0.2) is 23.1 Å². The highest BCUT2D eigenvalue weighted by atomic mass is 35.5. The molecule has 1 aromatic carbocycles. The van der Waals surface area contributed by atoms with Gasteiger partial charge in [0.25, 0.3) is 0 Å². The summed E-state index contributed by atoms with van der Waals surface area (Å²) >= 11 is 5.89. The molecule has 1 saturated heterocycles. The van der Waals surface area contributed by atoms with E-state index in [4.69, 9.17) is 11.6 Å². The summed E-state index contributed by atoms with van der Waals surface area (Å²) < 4.78 is 0. The third-order valence-corrected chi connectivity index (χ3v) is 3.47. The van der Waals surface area contributed by atoms with Crippen molar-refractivity contribution in [1.82, 2.24) is 9.97 Å². The summed E-state index contributed by atoms with van der Waals surface area (Å²) in [5.41, 5.74) is 2.02. The van der Waals surface area contributed by atoms with E-state index in [0.29, 0.717) is 0 Å². The Balaban J connectivity index is 1.92. The molecule has 3 nitrogen and oxygen atoms in total. The van der Waals surface area contributed by atoms with Crippen molar-refractivity contribution in [3.05, 3.63) is 41.7 Å². The van der Waals surface area contributed by atoms with Crippen LogP contribution in [0.2, 0.25) is 5.02 Å². The van der Waals surface area contributed by atoms with Gasteiger partial charge in [-0.15, -0.1) is 0 Å². The topological polar surface area (TPSA) is 29.0 Å². The van der Waals surface area contributed by atoms with Crippen molar-refractivity contribution in [2.24, 2.45) is 0 Å². The lowest BCUT2D eigenvalue weighted by Gasteiger charge is -2.16. The Kier molecular flexibility index (Phi) is 3.15. The van der Waals surface area contributed by atoms with Crippen LogP contribution in [0.5, 0.6) is 0 Å². The van der Waals surface area contributed by atoms with Gasteiger partial charge in [-0.3, -0.25) is 0 Å². The maximum atomic E-state index is 5.89. The molecule has 0 radical (unpaired) electrons. The maximum absolute atomic E-state index is 5.89. The number of hydrogen-bond donors (Lipinski definition) is 0. The van der Waals surface area contributed by atoms with Gasteiger partial charge in [0.15, 0.2) is 0 Å². The van der Waals surface area contributed by atoms with Gasteiger partial charge in [0.05, 0.1) is 5.69 Å². The second kappa shape index (κ2) is 4.94. The van der Waals surface area contributed by atoms with E-state index in [-0.39, 0.29) is 0 Å². The molecule has 1 aliphatic rings. The summed E-state index contributed by atoms with van der Waals surface area (Å²) in [5, 5.41) is 0.743. The van der Waals surface area contributed by atoms with Crippen molar-refractivity contribution in [3.8, 4) is 11.3 Å². The molecule has 0 atom stereocenters. The second-order valence-electron chi connectivity index (χ2n) is 4.46. The summed E-state index contributed by atoms with van der Waals surface area (Å²) in [4.78, 5) is 11.0. The summed E-state index contributed by atoms with van der Waals surface area (Å²) in [6.07, 6.45) is 4.14. The zero-order valence-electron chi connectivity index (χ0n) is 10.0. The van der Waals surface area contributed by atoms with Gasteiger partial charge in [0.1, 0.15) is 12.1 Å². The lowest BCUT2D eigenvalue weighted by molar-refractivity contribution is 0.928. The predicted molar refractivity (Wildman–Crippen MR) is 73.9 cm³/mol. The number of halogens is 1. The Bertz CT molecular complexity index is 533. The van der Waals surface area contributed by atoms with Crippen LogP contribution >= 0.6 is 11.6 Å². The number of benzene rings is 1. The molecule has 4 heteroatoms. The molecule has 1 aromatic heterocycles. The first-order valence-corrected chi connectivity index (χ1v) is 6.54. The number of anilines is 1. The van der Waals surface area contributed by atoms with E-state index in [0.717, 1.165) is 35.2 Å². The molecule has 0 N–H and O–H groups in total. The van der Waals surface area contributed by atoms with Crippen LogP contribution in [0, 0.1) is 0 Å². The molecule has 0 bridgehead atoms. The maximum Gasteiger partial charge on any atom is 0.132 e. The van der Waals surface area contributed by atoms with E-state index in [1.807, 2.05) is 24.3 Å². The standard InChI is InChI=1S/C14H14ClN3/c15-12-5-3-11(4-6-12)13-9-14(17-10-16-13)18-7-1-2-8-18/h3-6,9-10H,1-2,7-8H2. The first-order chi connectivity index (χ1) is 8.83. The Morgan fingerprint density at radius 1 is 1.00 bits per heavy atom. The highest BCUT2D eigenvalue weighted by Gasteiger charge is 2.14. The van der Waals surface area contributed by atoms with Gasteiger partial charge in [-0.2, -0.15) is 0 Å². The molecular weight excluding hydrogens is 246 g/mol. The average molecular weight is 260 g/mol. The minimum Gasteiger partial charge on any atom is -0.357 e. The zero-order chi connectivity index (χ0) is 12.4. The molecule has 2 heterocycles. The van der Waals surface area contributed by atoms with Crippen molar-refractivity contribution in [2.45, 2.75) is 12.8 Å². The Hall–Kier alpha value is -1.61. The van der Waals surface area contributed by atoms with Gasteiger partial charge in [-0.1, -0.05) is 23.7 Å². The highest BCUT2D eigenvalue weighted by Crippen LogP contribution is 2.24. The predicted octanol–water partition coefficient (Wildman–Crippen LogP) is 3.40. The fourth-order valence-electron chi connectivity index (χ4n) is 2.24. The molecule has 2 aromatic rings. The van der Waals surface area contributed by atoms with Crippen LogP contribution in [0.4, 0.5) is 5.82 Å². The van der Waals surface area contributed by atoms with Crippen LogP contribution < -0.4 is 4.90 Å². The quantitative estimate of drug-likeness (QED) is 0.828. The fraction of sp³-hybridized carbons (Fsp3) is 0.286. The summed E-state index contributed by atoms with van der Waals surface area (Å²) in [7, 11) is 0. The van der Waals surface area contributed by atoms with E-state index >= 15 is 0 Å². The van der Waals surface area contributed by atoms with Crippen LogP contribution in [0.25, 0.3) is 11.3 Å². The summed E-state index contributed by atoms with van der Waals surface area (Å²) in [6, 6.07) is 9.79. The van der Waals surface area contributed by atoms with E-state index in [1.165, 1.54) is 12.8 Å². The van der Waals surface area contributed by atoms with Crippen LogP contribution in [0.3, 0.4) is 0 Å². The van der Waals surface area contributed by atoms with Crippen molar-refractivity contribution in [2.75, 3.05) is 18.0 Å². The van der Waals surface area contributed by atoms with Gasteiger partial charge >= 0.3 is 0 Å². The molecule has 0 spiro atoms. The molecule has 3 rings (SSSR count). The third kappa shape index (κ3) is 2.31. The third-order valence-electron chi connectivity index (χ3n) is 3.22. The van der Waals surface area contributed by atoms with Crippen molar-refractivity contribution >= 4 is 17.4 Å². The SMILES string of the molecule is Clc1ccc(-c2cc(N3CCCC3)ncn2)cc1. The zero-order valence-corrected chi connectivity index (χ0v) is 10.8. The van der Waals surface area contributed by atoms with E-state index in [1.54, 1.807) is 6.33 Å². The van der Waals surface area contributed by atoms with E-state index < -0.39 is 0 Å². The average Bonchev–Trinajstić information content (AvgIpc) is 2.94. The first kappa shape index (κ1) is 11.5. The molecule has 0 unspecified atom stereocenters. The highest BCUT2D eigenvalue weighted by molar-refractivity contribution is 6.30. The van der Waals surface area contributed by atoms with E-state index in [9.17, 15) is 0 Å². The molecule has 0 saturated carbocycles. The molecular formula is C14H14ClN3. The largest absolute Gasteiger partial charge is 0.357 e. The van der Waals surface area contributed by atoms with Crippen molar-refractivity contribution in [3.63, 3.8) is 0 Å². The first-order valence-electron chi connectivity index (χ1n) is 6.16. The van der Waals surface area contributed by atoms with Gasteiger partial charge < -0.3 is 4.90 Å². The Morgan fingerprint density at radius 3 is 2.44 bits per heavy atom. The second-order valence-corrected chi connectivity index (χ2v) is 4.90. The van der Waals surface area contributed by atoms with Crippen LogP contribution in [0.1, 0.15) is 12.8 Å². The van der Waals surface area contributed by atoms with Crippen LogP contribution in [-0.2, 0) is 0 Å². The van der Waals surface area contributed by atoms with E-state index in [2.05, 4.69) is 20.9 Å². The molecule has 18 heavy (non-hydrogen) atoms. The molecule has 92 valence electrons. The van der Waals surface area contributed by atoms with Gasteiger partial charge in [-0.05, 0) is 25.0 Å². The summed E-state index contributed by atoms with van der Waals surface area (Å²) in [6.45, 7) is 2.19. The number of rotatable bonds is 2. The Morgan fingerprint density at radius 2 is 1.72 bits per heavy atom. The minimum atomic E-state index is 0.743. The normalized spacial score (nSPS) is 15.1. The minimum absolute atomic E-state index is 0.743. The lowest BCUT2D eigenvalue weighted by Crippen LogP contribution is -2.18. The number of nitrogens with zero attached hydrogens (tertiary/aromatic N) is 3. The van der Waals surface area contributed by atoms with Gasteiger partial charge in [0.2, 0.25) is 0 Å². The number of aromatic nitrogens is 2. The van der Waals surface area contributed by atoms with Crippen molar-refractivity contribution in [1.29, 1.82) is 0 Å². The fourth-order valence-corrected chi connectivity index (χ4v) is 2.37. The molecule has 0 aliphatic carbocycles.